The number of nitro groups is 1. The molecule has 0 saturated heterocycles. The summed E-state index contributed by atoms with van der Waals surface area (Å²) in [7, 11) is 0. The Labute approximate surface area is 155 Å². The molecule has 0 N–H and O–H groups in total. The van der Waals surface area contributed by atoms with Gasteiger partial charge in [-0.25, -0.2) is 8.96 Å². The first-order chi connectivity index (χ1) is 13.2. The van der Waals surface area contributed by atoms with Crippen molar-refractivity contribution in [3.05, 3.63) is 34.4 Å². The summed E-state index contributed by atoms with van der Waals surface area (Å²) in [6, 6.07) is 0. The van der Waals surface area contributed by atoms with E-state index in [9.17, 15) is 14.5 Å². The van der Waals surface area contributed by atoms with Gasteiger partial charge < -0.3 is 24.3 Å². The molecule has 2 aromatic heterocycles. The van der Waals surface area contributed by atoms with Gasteiger partial charge in [0.25, 0.3) is 0 Å². The van der Waals surface area contributed by atoms with E-state index in [1.165, 1.54) is 10.8 Å². The molecule has 0 unspecified atom stereocenters. The fraction of sp³-hybridized carbons (Fsp3) is 0.667. The van der Waals surface area contributed by atoms with Gasteiger partial charge in [-0.15, -0.1) is 5.10 Å². The van der Waals surface area contributed by atoms with Crippen LogP contribution in [0.5, 0.6) is 0 Å². The second kappa shape index (κ2) is 12.0. The van der Waals surface area contributed by atoms with Gasteiger partial charge in [0.15, 0.2) is 0 Å². The molecule has 0 radical (unpaired) electrons. The van der Waals surface area contributed by atoms with Crippen molar-refractivity contribution in [2.24, 2.45) is 0 Å². The van der Waals surface area contributed by atoms with Crippen molar-refractivity contribution in [1.29, 1.82) is 0 Å². The van der Waals surface area contributed by atoms with Gasteiger partial charge in [-0.05, 0) is 11.3 Å². The van der Waals surface area contributed by atoms with Crippen molar-refractivity contribution in [1.82, 2.24) is 24.5 Å². The zero-order valence-corrected chi connectivity index (χ0v) is 14.9. The smallest absolute Gasteiger partial charge is 0.390 e. The van der Waals surface area contributed by atoms with E-state index in [0.717, 1.165) is 6.42 Å². The fourth-order valence-electron chi connectivity index (χ4n) is 2.21. The van der Waals surface area contributed by atoms with Crippen LogP contribution in [0.2, 0.25) is 0 Å². The molecule has 2 rings (SSSR count). The number of aryl methyl sites for hydroxylation is 1. The van der Waals surface area contributed by atoms with Crippen LogP contribution >= 0.6 is 0 Å². The minimum absolute atomic E-state index is 0.0842. The largest absolute Gasteiger partial charge is 0.434 e. The highest BCUT2D eigenvalue weighted by molar-refractivity contribution is 5.06. The Bertz CT molecular complexity index is 679. The molecule has 12 heteroatoms. The quantitative estimate of drug-likeness (QED) is 0.252. The first-order valence-electron chi connectivity index (χ1n) is 8.54. The summed E-state index contributed by atoms with van der Waals surface area (Å²) >= 11 is 0. The standard InChI is InChI=1S/C15H23FN6O5/c16-2-8-26-10-11-27-13-14-12-21(19-18-14)4-1-7-25-9-6-20-5-3-17-15(20)22(23)24/h3,5,12H,1-2,4,6-11,13H2. The van der Waals surface area contributed by atoms with Crippen LogP contribution in [-0.4, -0.2) is 69.2 Å². The second-order valence-electron chi connectivity index (χ2n) is 5.47. The molecule has 0 fully saturated rings. The average molecular weight is 386 g/mol. The summed E-state index contributed by atoms with van der Waals surface area (Å²) in [6.45, 7) is 2.49. The number of aromatic nitrogens is 5. The Balaban J connectivity index is 1.52. The summed E-state index contributed by atoms with van der Waals surface area (Å²) in [5.74, 6) is -0.190. The zero-order valence-electron chi connectivity index (χ0n) is 14.9. The molecule has 0 bridgehead atoms. The van der Waals surface area contributed by atoms with E-state index in [0.29, 0.717) is 51.8 Å². The molecule has 0 spiro atoms. The topological polar surface area (TPSA) is 119 Å². The number of hydrogen-bond acceptors (Lipinski definition) is 8. The van der Waals surface area contributed by atoms with Crippen molar-refractivity contribution >= 4 is 5.95 Å². The molecule has 2 heterocycles. The summed E-state index contributed by atoms with van der Waals surface area (Å²) in [6.07, 6.45) is 5.46. The molecule has 27 heavy (non-hydrogen) atoms. The van der Waals surface area contributed by atoms with Gasteiger partial charge in [-0.1, -0.05) is 10.2 Å². The lowest BCUT2D eigenvalue weighted by Crippen LogP contribution is -2.10. The van der Waals surface area contributed by atoms with Gasteiger partial charge in [0, 0.05) is 13.2 Å². The lowest BCUT2D eigenvalue weighted by molar-refractivity contribution is -0.396. The number of nitrogens with zero attached hydrogens (tertiary/aromatic N) is 6. The molecule has 0 aromatic carbocycles. The van der Waals surface area contributed by atoms with Crippen molar-refractivity contribution in [2.45, 2.75) is 26.1 Å². The maximum absolute atomic E-state index is 11.8. The number of alkyl halides is 1. The third kappa shape index (κ3) is 7.76. The van der Waals surface area contributed by atoms with Crippen molar-refractivity contribution in [2.75, 3.05) is 39.7 Å². The molecule has 2 aromatic rings. The lowest BCUT2D eigenvalue weighted by atomic mass is 10.4. The number of halogens is 1. The van der Waals surface area contributed by atoms with Crippen LogP contribution in [0.3, 0.4) is 0 Å². The zero-order chi connectivity index (χ0) is 19.3. The SMILES string of the molecule is O=[N+]([O-])c1nccn1CCOCCCn1cc(COCCOCCF)nn1. The Morgan fingerprint density at radius 2 is 1.93 bits per heavy atom. The molecule has 0 aliphatic carbocycles. The third-order valence-corrected chi connectivity index (χ3v) is 3.44. The van der Waals surface area contributed by atoms with E-state index in [1.54, 1.807) is 17.1 Å². The molecule has 0 atom stereocenters. The minimum atomic E-state index is -0.525. The van der Waals surface area contributed by atoms with Gasteiger partial charge in [-0.2, -0.15) is 0 Å². The number of imidazole rings is 1. The van der Waals surface area contributed by atoms with E-state index in [1.807, 2.05) is 0 Å². The lowest BCUT2D eigenvalue weighted by Gasteiger charge is -2.04. The fourth-order valence-corrected chi connectivity index (χ4v) is 2.21. The van der Waals surface area contributed by atoms with Crippen LogP contribution in [-0.2, 0) is 33.9 Å². The van der Waals surface area contributed by atoms with E-state index < -0.39 is 11.6 Å². The van der Waals surface area contributed by atoms with E-state index in [2.05, 4.69) is 15.3 Å². The van der Waals surface area contributed by atoms with Crippen LogP contribution in [0.1, 0.15) is 12.1 Å². The van der Waals surface area contributed by atoms with Crippen LogP contribution in [0.4, 0.5) is 10.3 Å². The summed E-state index contributed by atoms with van der Waals surface area (Å²) in [5.41, 5.74) is 0.703. The van der Waals surface area contributed by atoms with Crippen LogP contribution in [0.25, 0.3) is 0 Å². The molecule has 0 saturated carbocycles. The molecule has 150 valence electrons. The van der Waals surface area contributed by atoms with E-state index in [4.69, 9.17) is 14.2 Å². The highest BCUT2D eigenvalue weighted by Crippen LogP contribution is 2.06. The second-order valence-corrected chi connectivity index (χ2v) is 5.47. The first-order valence-corrected chi connectivity index (χ1v) is 8.54. The van der Waals surface area contributed by atoms with Crippen LogP contribution < -0.4 is 0 Å². The predicted octanol–water partition coefficient (Wildman–Crippen LogP) is 0.992. The van der Waals surface area contributed by atoms with Crippen molar-refractivity contribution in [3.63, 3.8) is 0 Å². The summed E-state index contributed by atoms with van der Waals surface area (Å²) < 4.78 is 30.8. The van der Waals surface area contributed by atoms with Crippen LogP contribution in [0.15, 0.2) is 18.6 Å². The molecule has 0 amide bonds. The summed E-state index contributed by atoms with van der Waals surface area (Å²) in [4.78, 5) is 13.9. The highest BCUT2D eigenvalue weighted by atomic mass is 19.1. The monoisotopic (exact) mass is 386 g/mol. The Hall–Kier alpha value is -2.44. The maximum atomic E-state index is 11.8. The molecule has 0 aliphatic rings. The Morgan fingerprint density at radius 1 is 1.11 bits per heavy atom. The normalized spacial score (nSPS) is 11.1. The van der Waals surface area contributed by atoms with Crippen molar-refractivity contribution in [3.8, 4) is 0 Å². The van der Waals surface area contributed by atoms with Crippen molar-refractivity contribution < 1.29 is 23.5 Å². The van der Waals surface area contributed by atoms with E-state index in [-0.39, 0.29) is 12.6 Å². The van der Waals surface area contributed by atoms with Gasteiger partial charge in [0.2, 0.25) is 0 Å². The summed E-state index contributed by atoms with van der Waals surface area (Å²) in [5, 5.41) is 18.7. The highest BCUT2D eigenvalue weighted by Gasteiger charge is 2.13. The van der Waals surface area contributed by atoms with Gasteiger partial charge >= 0.3 is 5.95 Å². The predicted molar refractivity (Wildman–Crippen MR) is 90.8 cm³/mol. The molecule has 11 nitrogen and oxygen atoms in total. The molecular weight excluding hydrogens is 363 g/mol. The molecule has 0 aliphatic heterocycles. The van der Waals surface area contributed by atoms with Gasteiger partial charge in [0.1, 0.15) is 24.8 Å². The maximum Gasteiger partial charge on any atom is 0.434 e. The first kappa shape index (κ1) is 20.9. The van der Waals surface area contributed by atoms with Gasteiger partial charge in [0.05, 0.1) is 45.8 Å². The number of ether oxygens (including phenoxy) is 3. The van der Waals surface area contributed by atoms with E-state index >= 15 is 0 Å². The van der Waals surface area contributed by atoms with Gasteiger partial charge in [-0.3, -0.25) is 4.68 Å². The minimum Gasteiger partial charge on any atom is -0.390 e. The average Bonchev–Trinajstić information content (AvgIpc) is 3.30. The molecular formula is C15H23FN6O5. The third-order valence-electron chi connectivity index (χ3n) is 3.44. The van der Waals surface area contributed by atoms with Crippen LogP contribution in [0, 0.1) is 10.1 Å². The Kier molecular flexibility index (Phi) is 9.30. The number of hydrogen-bond donors (Lipinski definition) is 0. The Morgan fingerprint density at radius 3 is 2.74 bits per heavy atom. The number of rotatable bonds is 15.